The number of thiophene rings is 1. The lowest BCUT2D eigenvalue weighted by atomic mass is 9.99. The molecule has 0 fully saturated rings. The number of rotatable bonds is 2. The molecule has 2 nitrogen and oxygen atoms in total. The van der Waals surface area contributed by atoms with Gasteiger partial charge in [-0.2, -0.15) is 0 Å². The van der Waals surface area contributed by atoms with E-state index in [1.165, 1.54) is 21.7 Å². The molecule has 21 heavy (non-hydrogen) atoms. The summed E-state index contributed by atoms with van der Waals surface area (Å²) in [6.07, 6.45) is 2.23. The fourth-order valence-electron chi connectivity index (χ4n) is 3.12. The lowest BCUT2D eigenvalue weighted by molar-refractivity contribution is 0.702. The van der Waals surface area contributed by atoms with Crippen LogP contribution in [0, 0.1) is 5.41 Å². The molecule has 3 aromatic rings. The van der Waals surface area contributed by atoms with Gasteiger partial charge in [-0.05, 0) is 41.5 Å². The third kappa shape index (κ3) is 2.05. The SMILES string of the molecule is N=c1c(-c2cccs2)c(-c2ccccc2)cc2n1CCC2. The van der Waals surface area contributed by atoms with E-state index in [1.807, 2.05) is 6.07 Å². The van der Waals surface area contributed by atoms with Crippen LogP contribution in [0.25, 0.3) is 21.6 Å². The van der Waals surface area contributed by atoms with Gasteiger partial charge >= 0.3 is 0 Å². The maximum atomic E-state index is 8.66. The summed E-state index contributed by atoms with van der Waals surface area (Å²) in [6.45, 7) is 0.974. The van der Waals surface area contributed by atoms with Crippen molar-refractivity contribution in [3.8, 4) is 21.6 Å². The molecule has 3 heteroatoms. The van der Waals surface area contributed by atoms with Crippen molar-refractivity contribution in [2.24, 2.45) is 0 Å². The van der Waals surface area contributed by atoms with Crippen molar-refractivity contribution >= 4 is 11.3 Å². The van der Waals surface area contributed by atoms with Crippen LogP contribution in [0.5, 0.6) is 0 Å². The van der Waals surface area contributed by atoms with Crippen LogP contribution in [-0.4, -0.2) is 4.57 Å². The second-order valence-electron chi connectivity index (χ2n) is 5.37. The van der Waals surface area contributed by atoms with E-state index in [0.717, 1.165) is 24.9 Å². The molecule has 0 atom stereocenters. The molecule has 0 spiro atoms. The van der Waals surface area contributed by atoms with Crippen LogP contribution in [0.4, 0.5) is 0 Å². The number of pyridine rings is 1. The van der Waals surface area contributed by atoms with E-state index >= 15 is 0 Å². The van der Waals surface area contributed by atoms with Crippen LogP contribution in [0.15, 0.2) is 53.9 Å². The van der Waals surface area contributed by atoms with Crippen molar-refractivity contribution in [3.05, 3.63) is 65.1 Å². The molecule has 0 saturated heterocycles. The van der Waals surface area contributed by atoms with E-state index in [1.54, 1.807) is 11.3 Å². The largest absolute Gasteiger partial charge is 0.330 e. The molecule has 1 N–H and O–H groups in total. The third-order valence-electron chi connectivity index (χ3n) is 4.10. The lowest BCUT2D eigenvalue weighted by Crippen LogP contribution is -2.22. The van der Waals surface area contributed by atoms with Gasteiger partial charge in [-0.3, -0.25) is 5.41 Å². The first-order chi connectivity index (χ1) is 10.3. The molecule has 0 saturated carbocycles. The van der Waals surface area contributed by atoms with Crippen molar-refractivity contribution in [1.29, 1.82) is 5.41 Å². The lowest BCUT2D eigenvalue weighted by Gasteiger charge is -2.14. The van der Waals surface area contributed by atoms with Crippen molar-refractivity contribution < 1.29 is 0 Å². The normalized spacial score (nSPS) is 13.3. The van der Waals surface area contributed by atoms with E-state index in [2.05, 4.69) is 52.4 Å². The molecule has 0 bridgehead atoms. The zero-order chi connectivity index (χ0) is 14.2. The third-order valence-corrected chi connectivity index (χ3v) is 4.99. The Hall–Kier alpha value is -2.13. The van der Waals surface area contributed by atoms with Crippen LogP contribution >= 0.6 is 11.3 Å². The highest BCUT2D eigenvalue weighted by Crippen LogP contribution is 2.33. The molecule has 4 rings (SSSR count). The van der Waals surface area contributed by atoms with Gasteiger partial charge in [0.25, 0.3) is 0 Å². The number of aromatic nitrogens is 1. The van der Waals surface area contributed by atoms with Gasteiger partial charge in [-0.1, -0.05) is 36.4 Å². The minimum atomic E-state index is 0.659. The van der Waals surface area contributed by atoms with E-state index in [9.17, 15) is 0 Å². The standard InChI is InChI=1S/C18H16N2S/c19-18-17(16-9-5-11-21-16)15(13-6-2-1-3-7-13)12-14-8-4-10-20(14)18/h1-3,5-7,9,11-12,19H,4,8,10H2. The van der Waals surface area contributed by atoms with Gasteiger partial charge < -0.3 is 4.57 Å². The van der Waals surface area contributed by atoms with E-state index in [4.69, 9.17) is 5.41 Å². The summed E-state index contributed by atoms with van der Waals surface area (Å²) in [7, 11) is 0. The molecular formula is C18H16N2S. The molecule has 0 radical (unpaired) electrons. The van der Waals surface area contributed by atoms with Crippen LogP contribution in [0.2, 0.25) is 0 Å². The Morgan fingerprint density at radius 3 is 2.67 bits per heavy atom. The maximum absolute atomic E-state index is 8.66. The van der Waals surface area contributed by atoms with Crippen molar-refractivity contribution in [3.63, 3.8) is 0 Å². The van der Waals surface area contributed by atoms with Crippen LogP contribution in [-0.2, 0) is 13.0 Å². The predicted octanol–water partition coefficient (Wildman–Crippen LogP) is 4.31. The van der Waals surface area contributed by atoms with Crippen molar-refractivity contribution in [1.82, 2.24) is 4.57 Å². The molecule has 0 unspecified atom stereocenters. The molecule has 0 amide bonds. The Labute approximate surface area is 127 Å². The van der Waals surface area contributed by atoms with Gasteiger partial charge in [-0.15, -0.1) is 11.3 Å². The molecular weight excluding hydrogens is 276 g/mol. The van der Waals surface area contributed by atoms with E-state index in [-0.39, 0.29) is 0 Å². The van der Waals surface area contributed by atoms with Crippen LogP contribution < -0.4 is 5.49 Å². The smallest absolute Gasteiger partial charge is 0.134 e. The summed E-state index contributed by atoms with van der Waals surface area (Å²) in [5.41, 5.74) is 5.41. The quantitative estimate of drug-likeness (QED) is 0.729. The highest BCUT2D eigenvalue weighted by Gasteiger charge is 2.18. The Bertz CT molecular complexity index is 830. The first kappa shape index (κ1) is 12.6. The zero-order valence-electron chi connectivity index (χ0n) is 11.7. The highest BCUT2D eigenvalue weighted by molar-refractivity contribution is 7.13. The van der Waals surface area contributed by atoms with Gasteiger partial charge in [0.15, 0.2) is 0 Å². The number of aryl methyl sites for hydroxylation is 1. The monoisotopic (exact) mass is 292 g/mol. The van der Waals surface area contributed by atoms with Crippen molar-refractivity contribution in [2.75, 3.05) is 0 Å². The Morgan fingerprint density at radius 2 is 1.90 bits per heavy atom. The van der Waals surface area contributed by atoms with Gasteiger partial charge in [0, 0.05) is 22.7 Å². The number of nitrogens with zero attached hydrogens (tertiary/aromatic N) is 1. The molecule has 1 aliphatic heterocycles. The molecule has 2 aromatic heterocycles. The number of benzene rings is 1. The Balaban J connectivity index is 2.06. The van der Waals surface area contributed by atoms with E-state index in [0.29, 0.717) is 5.49 Å². The molecule has 3 heterocycles. The molecule has 0 aliphatic carbocycles. The average molecular weight is 292 g/mol. The van der Waals surface area contributed by atoms with Crippen molar-refractivity contribution in [2.45, 2.75) is 19.4 Å². The molecule has 1 aromatic carbocycles. The Morgan fingerprint density at radius 1 is 1.05 bits per heavy atom. The van der Waals surface area contributed by atoms with E-state index < -0.39 is 0 Å². The maximum Gasteiger partial charge on any atom is 0.134 e. The summed E-state index contributed by atoms with van der Waals surface area (Å²) in [6, 6.07) is 16.9. The summed E-state index contributed by atoms with van der Waals surface area (Å²) < 4.78 is 2.17. The van der Waals surface area contributed by atoms with Gasteiger partial charge in [0.1, 0.15) is 5.49 Å². The number of hydrogen-bond donors (Lipinski definition) is 1. The van der Waals surface area contributed by atoms with Crippen LogP contribution in [0.1, 0.15) is 12.1 Å². The second-order valence-corrected chi connectivity index (χ2v) is 6.32. The summed E-state index contributed by atoms with van der Waals surface area (Å²) >= 11 is 1.71. The van der Waals surface area contributed by atoms with Gasteiger partial charge in [-0.25, -0.2) is 0 Å². The number of hydrogen-bond acceptors (Lipinski definition) is 2. The average Bonchev–Trinajstić information content (AvgIpc) is 3.19. The first-order valence-corrected chi connectivity index (χ1v) is 8.13. The first-order valence-electron chi connectivity index (χ1n) is 7.25. The fraction of sp³-hybridized carbons (Fsp3) is 0.167. The minimum Gasteiger partial charge on any atom is -0.330 e. The topological polar surface area (TPSA) is 28.8 Å². The fourth-order valence-corrected chi connectivity index (χ4v) is 3.90. The number of nitrogens with one attached hydrogen (secondary N) is 1. The summed E-state index contributed by atoms with van der Waals surface area (Å²) in [4.78, 5) is 1.18. The minimum absolute atomic E-state index is 0.659. The molecule has 104 valence electrons. The zero-order valence-corrected chi connectivity index (χ0v) is 12.5. The summed E-state index contributed by atoms with van der Waals surface area (Å²) in [5.74, 6) is 0. The highest BCUT2D eigenvalue weighted by atomic mass is 32.1. The Kier molecular flexibility index (Phi) is 3.00. The molecule has 1 aliphatic rings. The van der Waals surface area contributed by atoms with Crippen LogP contribution in [0.3, 0.4) is 0 Å². The van der Waals surface area contributed by atoms with Gasteiger partial charge in [0.05, 0.1) is 0 Å². The summed E-state index contributed by atoms with van der Waals surface area (Å²) in [5, 5.41) is 10.7. The predicted molar refractivity (Wildman–Crippen MR) is 87.4 cm³/mol. The second kappa shape index (κ2) is 5.01. The van der Waals surface area contributed by atoms with Gasteiger partial charge in [0.2, 0.25) is 0 Å². The number of fused-ring (bicyclic) bond motifs is 1.